The van der Waals surface area contributed by atoms with Crippen LogP contribution in [-0.4, -0.2) is 47.3 Å². The molecule has 120 valence electrons. The minimum Gasteiger partial charge on any atom is -0.331 e. The molecule has 1 fully saturated rings. The predicted octanol–water partition coefficient (Wildman–Crippen LogP) is 1.47. The largest absolute Gasteiger partial charge is 0.460 e. The number of rotatable bonds is 3. The molecular weight excluding hydrogens is 319 g/mol. The number of carbonyl (C=O) groups is 3. The smallest absolute Gasteiger partial charge is 0.331 e. The Morgan fingerprint density at radius 3 is 2.00 bits per heavy atom. The fraction of sp³-hybridized carbons (Fsp3) is 0.667. The average molecular weight is 325 g/mol. The Hall–Kier alpha value is -1.88. The number of halogens is 7. The maximum Gasteiger partial charge on any atom is 0.460 e. The Labute approximate surface area is 111 Å². The van der Waals surface area contributed by atoms with Crippen LogP contribution in [0.25, 0.3) is 0 Å². The van der Waals surface area contributed by atoms with Gasteiger partial charge in [-0.05, 0) is 0 Å². The van der Waals surface area contributed by atoms with Gasteiger partial charge in [0.2, 0.25) is 0 Å². The molecule has 12 heteroatoms. The van der Waals surface area contributed by atoms with Crippen LogP contribution in [0.5, 0.6) is 0 Å². The molecule has 1 heterocycles. The van der Waals surface area contributed by atoms with Gasteiger partial charge in [0.15, 0.2) is 5.78 Å². The molecular formula is C9H6F7NO4. The van der Waals surface area contributed by atoms with Crippen molar-refractivity contribution in [1.82, 2.24) is 5.06 Å². The molecule has 0 radical (unpaired) electrons. The number of ketones is 1. The molecule has 0 aromatic rings. The van der Waals surface area contributed by atoms with Gasteiger partial charge in [-0.1, -0.05) is 0 Å². The van der Waals surface area contributed by atoms with Gasteiger partial charge in [0, 0.05) is 12.8 Å². The molecule has 0 spiro atoms. The fourth-order valence-corrected chi connectivity index (χ4v) is 1.25. The summed E-state index contributed by atoms with van der Waals surface area (Å²) < 4.78 is 86.4. The highest BCUT2D eigenvalue weighted by atomic mass is 19.4. The van der Waals surface area contributed by atoms with Gasteiger partial charge in [0.05, 0.1) is 0 Å². The van der Waals surface area contributed by atoms with Crippen molar-refractivity contribution < 1.29 is 50.0 Å². The Kier molecular flexibility index (Phi) is 4.21. The third kappa shape index (κ3) is 3.08. The van der Waals surface area contributed by atoms with Gasteiger partial charge >= 0.3 is 24.0 Å². The second kappa shape index (κ2) is 5.15. The number of piperidine rings is 1. The zero-order valence-corrected chi connectivity index (χ0v) is 9.85. The van der Waals surface area contributed by atoms with E-state index in [9.17, 15) is 45.1 Å². The molecule has 1 aliphatic heterocycles. The van der Waals surface area contributed by atoms with Gasteiger partial charge in [-0.15, -0.1) is 0 Å². The van der Waals surface area contributed by atoms with Crippen molar-refractivity contribution >= 4 is 17.7 Å². The molecule has 5 nitrogen and oxygen atoms in total. The number of Topliss-reactive ketones (excluding diaryl/α,β-unsaturated/α-hetero) is 1. The number of hydroxylamine groups is 2. The summed E-state index contributed by atoms with van der Waals surface area (Å²) >= 11 is 0. The SMILES string of the molecule is O=C1CCC(=O)N(OC(=O)C(F)(F)C(F)(F)C(F)(F)F)C1. The summed E-state index contributed by atoms with van der Waals surface area (Å²) in [5.74, 6) is -18.2. The normalized spacial score (nSPS) is 18.0. The molecule has 1 amide bonds. The zero-order valence-electron chi connectivity index (χ0n) is 9.85. The summed E-state index contributed by atoms with van der Waals surface area (Å²) in [5.41, 5.74) is 0. The lowest BCUT2D eigenvalue weighted by molar-refractivity contribution is -0.352. The van der Waals surface area contributed by atoms with Gasteiger partial charge in [-0.2, -0.15) is 35.8 Å². The summed E-state index contributed by atoms with van der Waals surface area (Å²) in [6.07, 6.45) is -7.55. The van der Waals surface area contributed by atoms with Crippen LogP contribution in [0, 0.1) is 0 Å². The van der Waals surface area contributed by atoms with Gasteiger partial charge in [-0.3, -0.25) is 9.59 Å². The summed E-state index contributed by atoms with van der Waals surface area (Å²) in [6.45, 7) is -1.00. The average Bonchev–Trinajstić information content (AvgIpc) is 2.32. The third-order valence-corrected chi connectivity index (χ3v) is 2.42. The summed E-state index contributed by atoms with van der Waals surface area (Å²) in [5, 5.41) is -0.269. The van der Waals surface area contributed by atoms with Crippen molar-refractivity contribution in [2.45, 2.75) is 30.9 Å². The van der Waals surface area contributed by atoms with E-state index < -0.39 is 48.6 Å². The summed E-state index contributed by atoms with van der Waals surface area (Å²) in [7, 11) is 0. The highest BCUT2D eigenvalue weighted by Gasteiger charge is 2.77. The standard InChI is InChI=1S/C9H6F7NO4/c10-7(11,8(12,13)9(14,15)16)6(20)21-17-3-4(18)1-2-5(17)19/h1-3H2. The van der Waals surface area contributed by atoms with Crippen LogP contribution < -0.4 is 0 Å². The van der Waals surface area contributed by atoms with Crippen molar-refractivity contribution in [2.24, 2.45) is 0 Å². The van der Waals surface area contributed by atoms with Crippen molar-refractivity contribution in [3.05, 3.63) is 0 Å². The third-order valence-electron chi connectivity index (χ3n) is 2.42. The molecule has 0 saturated carbocycles. The Morgan fingerprint density at radius 2 is 1.52 bits per heavy atom. The van der Waals surface area contributed by atoms with E-state index in [1.165, 1.54) is 0 Å². The maximum atomic E-state index is 12.9. The predicted molar refractivity (Wildman–Crippen MR) is 48.0 cm³/mol. The molecule has 0 aliphatic carbocycles. The topological polar surface area (TPSA) is 63.7 Å². The summed E-state index contributed by atoms with van der Waals surface area (Å²) in [6, 6.07) is 0. The minimum absolute atomic E-state index is 0.269. The molecule has 0 unspecified atom stereocenters. The molecule has 1 aliphatic rings. The monoisotopic (exact) mass is 325 g/mol. The molecule has 0 bridgehead atoms. The molecule has 0 N–H and O–H groups in total. The van der Waals surface area contributed by atoms with Crippen LogP contribution in [-0.2, 0) is 19.2 Å². The number of nitrogens with zero attached hydrogens (tertiary/aromatic N) is 1. The lowest BCUT2D eigenvalue weighted by Crippen LogP contribution is -2.58. The van der Waals surface area contributed by atoms with Crippen LogP contribution in [0.1, 0.15) is 12.8 Å². The number of hydrogen-bond acceptors (Lipinski definition) is 4. The second-order valence-corrected chi connectivity index (χ2v) is 3.99. The van der Waals surface area contributed by atoms with Crippen molar-refractivity contribution in [3.63, 3.8) is 0 Å². The quantitative estimate of drug-likeness (QED) is 0.737. The van der Waals surface area contributed by atoms with Crippen LogP contribution in [0.15, 0.2) is 0 Å². The first-order chi connectivity index (χ1) is 9.30. The van der Waals surface area contributed by atoms with E-state index in [-0.39, 0.29) is 11.5 Å². The summed E-state index contributed by atoms with van der Waals surface area (Å²) in [4.78, 5) is 36.3. The number of hydrogen-bond donors (Lipinski definition) is 0. The lowest BCUT2D eigenvalue weighted by atomic mass is 10.1. The number of amides is 1. The molecule has 0 atom stereocenters. The Morgan fingerprint density at radius 1 is 1.00 bits per heavy atom. The second-order valence-electron chi connectivity index (χ2n) is 3.99. The Bertz CT molecular complexity index is 473. The van der Waals surface area contributed by atoms with E-state index in [0.717, 1.165) is 0 Å². The van der Waals surface area contributed by atoms with Gasteiger partial charge in [0.1, 0.15) is 6.54 Å². The molecule has 0 aromatic carbocycles. The minimum atomic E-state index is -6.71. The van der Waals surface area contributed by atoms with E-state index in [1.54, 1.807) is 0 Å². The lowest BCUT2D eigenvalue weighted by Gasteiger charge is -2.29. The van der Waals surface area contributed by atoms with Gasteiger partial charge < -0.3 is 4.84 Å². The van der Waals surface area contributed by atoms with E-state index >= 15 is 0 Å². The number of carbonyl (C=O) groups excluding carboxylic acids is 3. The number of alkyl halides is 7. The first-order valence-electron chi connectivity index (χ1n) is 5.17. The zero-order chi connectivity index (χ0) is 16.6. The van der Waals surface area contributed by atoms with E-state index in [1.807, 2.05) is 0 Å². The van der Waals surface area contributed by atoms with Gasteiger partial charge in [0.25, 0.3) is 5.91 Å². The Balaban J connectivity index is 2.92. The highest BCUT2D eigenvalue weighted by molar-refractivity contribution is 5.93. The van der Waals surface area contributed by atoms with Crippen LogP contribution in [0.4, 0.5) is 30.7 Å². The van der Waals surface area contributed by atoms with Crippen molar-refractivity contribution in [1.29, 1.82) is 0 Å². The first-order valence-corrected chi connectivity index (χ1v) is 5.17. The van der Waals surface area contributed by atoms with E-state index in [2.05, 4.69) is 4.84 Å². The van der Waals surface area contributed by atoms with Crippen LogP contribution in [0.2, 0.25) is 0 Å². The van der Waals surface area contributed by atoms with E-state index in [4.69, 9.17) is 0 Å². The van der Waals surface area contributed by atoms with Crippen LogP contribution in [0.3, 0.4) is 0 Å². The van der Waals surface area contributed by atoms with Gasteiger partial charge in [-0.25, -0.2) is 4.79 Å². The molecule has 1 saturated heterocycles. The highest BCUT2D eigenvalue weighted by Crippen LogP contribution is 2.47. The molecule has 0 aromatic heterocycles. The van der Waals surface area contributed by atoms with Crippen LogP contribution >= 0.6 is 0 Å². The first kappa shape index (κ1) is 17.2. The fourth-order valence-electron chi connectivity index (χ4n) is 1.25. The molecule has 21 heavy (non-hydrogen) atoms. The molecule has 1 rings (SSSR count). The maximum absolute atomic E-state index is 12.9. The van der Waals surface area contributed by atoms with E-state index in [0.29, 0.717) is 0 Å². The van der Waals surface area contributed by atoms with Crippen molar-refractivity contribution in [2.75, 3.05) is 6.54 Å². The van der Waals surface area contributed by atoms with Crippen molar-refractivity contribution in [3.8, 4) is 0 Å².